The van der Waals surface area contributed by atoms with E-state index in [-0.39, 0.29) is 30.0 Å². The first kappa shape index (κ1) is 17.0. The molecule has 0 aromatic carbocycles. The Labute approximate surface area is 134 Å². The van der Waals surface area contributed by atoms with Gasteiger partial charge in [0.15, 0.2) is 0 Å². The number of hydrogen-bond donors (Lipinski definition) is 1. The van der Waals surface area contributed by atoms with E-state index in [1.165, 1.54) is 19.3 Å². The van der Waals surface area contributed by atoms with Crippen LogP contribution in [0.15, 0.2) is 0 Å². The highest BCUT2D eigenvalue weighted by Crippen LogP contribution is 2.45. The number of rotatable bonds is 2. The first-order valence-corrected chi connectivity index (χ1v) is 8.31. The molecule has 0 aromatic heterocycles. The first-order valence-electron chi connectivity index (χ1n) is 8.31. The van der Waals surface area contributed by atoms with Gasteiger partial charge in [-0.2, -0.15) is 0 Å². The highest BCUT2D eigenvalue weighted by Gasteiger charge is 2.52. The maximum absolute atomic E-state index is 13.2. The number of carbonyl (C=O) groups excluding carboxylic acids is 1. The summed E-state index contributed by atoms with van der Waals surface area (Å²) in [5.74, 6) is 0.961. The molecular formula is C16H29ClN2O2. The Morgan fingerprint density at radius 2 is 2.19 bits per heavy atom. The standard InChI is InChI=1S/C16H28N2O2.ClH/c1-3-14-10-18(9-12(2)20-14)15(19)16-7-5-4-6-13(16)8-17-11-16;/h12-14,17H,3-11H2,1-2H3;1H/t12?,13-,14?,16+;/m0./s1. The molecule has 4 atom stereocenters. The normalized spacial score (nSPS) is 39.5. The van der Waals surface area contributed by atoms with Crippen LogP contribution in [-0.2, 0) is 9.53 Å². The maximum atomic E-state index is 13.2. The van der Waals surface area contributed by atoms with Crippen molar-refractivity contribution in [2.45, 2.75) is 58.2 Å². The first-order chi connectivity index (χ1) is 9.65. The third kappa shape index (κ3) is 3.08. The summed E-state index contributed by atoms with van der Waals surface area (Å²) < 4.78 is 5.90. The molecule has 3 aliphatic rings. The van der Waals surface area contributed by atoms with Gasteiger partial charge < -0.3 is 15.0 Å². The SMILES string of the molecule is CCC1CN(C(=O)[C@@]23CCCC[C@H]2CNC3)CC(C)O1.Cl. The number of morpholine rings is 1. The van der Waals surface area contributed by atoms with Crippen molar-refractivity contribution in [2.24, 2.45) is 11.3 Å². The van der Waals surface area contributed by atoms with Crippen LogP contribution in [0.25, 0.3) is 0 Å². The topological polar surface area (TPSA) is 41.6 Å². The van der Waals surface area contributed by atoms with Gasteiger partial charge in [0, 0.05) is 19.6 Å². The van der Waals surface area contributed by atoms with Gasteiger partial charge in [-0.15, -0.1) is 12.4 Å². The van der Waals surface area contributed by atoms with Gasteiger partial charge >= 0.3 is 0 Å². The lowest BCUT2D eigenvalue weighted by molar-refractivity contribution is -0.158. The minimum atomic E-state index is -0.104. The van der Waals surface area contributed by atoms with E-state index in [4.69, 9.17) is 4.74 Å². The average molecular weight is 317 g/mol. The molecule has 2 unspecified atom stereocenters. The van der Waals surface area contributed by atoms with Crippen LogP contribution in [0, 0.1) is 11.3 Å². The lowest BCUT2D eigenvalue weighted by Crippen LogP contribution is -2.56. The lowest BCUT2D eigenvalue weighted by Gasteiger charge is -2.44. The highest BCUT2D eigenvalue weighted by molar-refractivity contribution is 5.85. The number of carbonyl (C=O) groups is 1. The van der Waals surface area contributed by atoms with Crippen molar-refractivity contribution in [3.05, 3.63) is 0 Å². The second kappa shape index (κ2) is 6.84. The Balaban J connectivity index is 0.00000161. The third-order valence-corrected chi connectivity index (χ3v) is 5.53. The molecular weight excluding hydrogens is 288 g/mol. The minimum absolute atomic E-state index is 0. The molecule has 0 bridgehead atoms. The van der Waals surface area contributed by atoms with Gasteiger partial charge in [0.05, 0.1) is 17.6 Å². The third-order valence-electron chi connectivity index (χ3n) is 5.53. The van der Waals surface area contributed by atoms with Crippen molar-refractivity contribution in [1.29, 1.82) is 0 Å². The Bertz CT molecular complexity index is 379. The molecule has 5 heteroatoms. The Hall–Kier alpha value is -0.320. The Morgan fingerprint density at radius 1 is 1.38 bits per heavy atom. The molecule has 3 rings (SSSR count). The molecule has 0 spiro atoms. The van der Waals surface area contributed by atoms with Gasteiger partial charge in [0.2, 0.25) is 5.91 Å². The van der Waals surface area contributed by atoms with Crippen LogP contribution in [-0.4, -0.2) is 49.2 Å². The summed E-state index contributed by atoms with van der Waals surface area (Å²) in [7, 11) is 0. The fourth-order valence-electron chi connectivity index (χ4n) is 4.42. The van der Waals surface area contributed by atoms with Crippen LogP contribution < -0.4 is 5.32 Å². The van der Waals surface area contributed by atoms with Gasteiger partial charge in [0.1, 0.15) is 0 Å². The molecule has 1 saturated carbocycles. The summed E-state index contributed by atoms with van der Waals surface area (Å²) in [6.45, 7) is 7.70. The average Bonchev–Trinajstić information content (AvgIpc) is 2.90. The molecule has 3 fully saturated rings. The van der Waals surface area contributed by atoms with Crippen molar-refractivity contribution in [3.8, 4) is 0 Å². The zero-order chi connectivity index (χ0) is 14.2. The van der Waals surface area contributed by atoms with E-state index in [1.54, 1.807) is 0 Å². The van der Waals surface area contributed by atoms with Crippen LogP contribution in [0.4, 0.5) is 0 Å². The molecule has 1 N–H and O–H groups in total. The van der Waals surface area contributed by atoms with Crippen molar-refractivity contribution in [1.82, 2.24) is 10.2 Å². The summed E-state index contributed by atoms with van der Waals surface area (Å²) in [6.07, 6.45) is 6.17. The molecule has 4 nitrogen and oxygen atoms in total. The summed E-state index contributed by atoms with van der Waals surface area (Å²) >= 11 is 0. The maximum Gasteiger partial charge on any atom is 0.230 e. The smallest absolute Gasteiger partial charge is 0.230 e. The zero-order valence-electron chi connectivity index (χ0n) is 13.3. The van der Waals surface area contributed by atoms with Crippen LogP contribution in [0.1, 0.15) is 46.0 Å². The van der Waals surface area contributed by atoms with Crippen LogP contribution >= 0.6 is 12.4 Å². The molecule has 0 aromatic rings. The van der Waals surface area contributed by atoms with Crippen molar-refractivity contribution >= 4 is 18.3 Å². The number of hydrogen-bond acceptors (Lipinski definition) is 3. The molecule has 2 saturated heterocycles. The van der Waals surface area contributed by atoms with E-state index in [9.17, 15) is 4.79 Å². The molecule has 1 amide bonds. The van der Waals surface area contributed by atoms with Crippen LogP contribution in [0.3, 0.4) is 0 Å². The predicted molar refractivity (Wildman–Crippen MR) is 85.7 cm³/mol. The van der Waals surface area contributed by atoms with E-state index in [0.29, 0.717) is 11.8 Å². The molecule has 0 radical (unpaired) electrons. The number of nitrogens with one attached hydrogen (secondary N) is 1. The summed E-state index contributed by atoms with van der Waals surface area (Å²) in [5, 5.41) is 3.48. The predicted octanol–water partition coefficient (Wildman–Crippen LogP) is 2.21. The van der Waals surface area contributed by atoms with Gasteiger partial charge in [-0.3, -0.25) is 4.79 Å². The lowest BCUT2D eigenvalue weighted by atomic mass is 9.67. The largest absolute Gasteiger partial charge is 0.372 e. The molecule has 2 heterocycles. The zero-order valence-corrected chi connectivity index (χ0v) is 14.1. The van der Waals surface area contributed by atoms with E-state index in [2.05, 4.69) is 24.1 Å². The van der Waals surface area contributed by atoms with Crippen LogP contribution in [0.2, 0.25) is 0 Å². The second-order valence-corrected chi connectivity index (χ2v) is 6.92. The molecule has 2 aliphatic heterocycles. The number of fused-ring (bicyclic) bond motifs is 1. The van der Waals surface area contributed by atoms with E-state index < -0.39 is 0 Å². The van der Waals surface area contributed by atoms with E-state index in [0.717, 1.165) is 39.0 Å². The van der Waals surface area contributed by atoms with Crippen molar-refractivity contribution in [3.63, 3.8) is 0 Å². The number of amides is 1. The Morgan fingerprint density at radius 3 is 2.95 bits per heavy atom. The van der Waals surface area contributed by atoms with Gasteiger partial charge in [-0.1, -0.05) is 19.8 Å². The van der Waals surface area contributed by atoms with Gasteiger partial charge in [0.25, 0.3) is 0 Å². The monoisotopic (exact) mass is 316 g/mol. The quantitative estimate of drug-likeness (QED) is 0.849. The van der Waals surface area contributed by atoms with Crippen molar-refractivity contribution < 1.29 is 9.53 Å². The minimum Gasteiger partial charge on any atom is -0.372 e. The molecule has 122 valence electrons. The van der Waals surface area contributed by atoms with Crippen molar-refractivity contribution in [2.75, 3.05) is 26.2 Å². The Kier molecular flexibility index (Phi) is 5.55. The number of halogens is 1. The number of ether oxygens (including phenoxy) is 1. The summed E-state index contributed by atoms with van der Waals surface area (Å²) in [6, 6.07) is 0. The summed E-state index contributed by atoms with van der Waals surface area (Å²) in [5.41, 5.74) is -0.104. The van der Waals surface area contributed by atoms with E-state index >= 15 is 0 Å². The van der Waals surface area contributed by atoms with Gasteiger partial charge in [-0.05, 0) is 38.6 Å². The fourth-order valence-corrected chi connectivity index (χ4v) is 4.42. The summed E-state index contributed by atoms with van der Waals surface area (Å²) in [4.78, 5) is 15.3. The van der Waals surface area contributed by atoms with E-state index in [1.807, 2.05) is 0 Å². The fraction of sp³-hybridized carbons (Fsp3) is 0.938. The second-order valence-electron chi connectivity index (χ2n) is 6.92. The van der Waals surface area contributed by atoms with Gasteiger partial charge in [-0.25, -0.2) is 0 Å². The molecule has 21 heavy (non-hydrogen) atoms. The molecule has 1 aliphatic carbocycles. The number of nitrogens with zero attached hydrogens (tertiary/aromatic N) is 1. The van der Waals surface area contributed by atoms with Crippen LogP contribution in [0.5, 0.6) is 0 Å². The highest BCUT2D eigenvalue weighted by atomic mass is 35.5.